The minimum Gasteiger partial charge on any atom is -0.497 e. The Morgan fingerprint density at radius 2 is 1.45 bits per heavy atom. The summed E-state index contributed by atoms with van der Waals surface area (Å²) in [5.74, 6) is 0.850. The van der Waals surface area contributed by atoms with Crippen LogP contribution in [-0.4, -0.2) is 22.3 Å². The molecule has 2 heterocycles. The molecule has 1 N–H and O–H groups in total. The molecule has 0 aliphatic heterocycles. The van der Waals surface area contributed by atoms with E-state index < -0.39 is 0 Å². The van der Waals surface area contributed by atoms with Gasteiger partial charge in [0.2, 0.25) is 0 Å². The number of methoxy groups -OCH3 is 1. The van der Waals surface area contributed by atoms with Crippen molar-refractivity contribution in [1.82, 2.24) is 15.2 Å². The molecule has 4 heteroatoms. The van der Waals surface area contributed by atoms with Gasteiger partial charge in [0, 0.05) is 17.1 Å². The molecule has 0 aliphatic carbocycles. The van der Waals surface area contributed by atoms with Gasteiger partial charge in [-0.05, 0) is 48.0 Å². The lowest BCUT2D eigenvalue weighted by Crippen LogP contribution is -1.82. The van der Waals surface area contributed by atoms with Crippen molar-refractivity contribution >= 4 is 10.9 Å². The number of aromatic amines is 1. The Hall–Kier alpha value is -3.92. The molecule has 0 radical (unpaired) electrons. The second kappa shape index (κ2) is 8.85. The van der Waals surface area contributed by atoms with E-state index in [1.807, 2.05) is 72.9 Å². The van der Waals surface area contributed by atoms with E-state index in [0.717, 1.165) is 33.8 Å². The van der Waals surface area contributed by atoms with Gasteiger partial charge in [0.05, 0.1) is 24.0 Å². The summed E-state index contributed by atoms with van der Waals surface area (Å²) in [5, 5.41) is 8.62. The average molecular weight is 379 g/mol. The standard InChI is InChI=1S/C16H14N2O.C9H7N/c1-19-14-9-7-13(8-10-14)16-11-15(17-18-16)12-5-3-2-4-6-12;1-2-6-9-8(4-1)5-3-7-10-9/h2-11H,1H3,(H,17,18);1-7H. The van der Waals surface area contributed by atoms with Crippen molar-refractivity contribution in [2.45, 2.75) is 0 Å². The van der Waals surface area contributed by atoms with Crippen LogP contribution in [0.1, 0.15) is 0 Å². The minimum atomic E-state index is 0.850. The molecule has 0 saturated carbocycles. The maximum atomic E-state index is 5.15. The molecule has 0 bridgehead atoms. The van der Waals surface area contributed by atoms with E-state index in [0.29, 0.717) is 0 Å². The summed E-state index contributed by atoms with van der Waals surface area (Å²) in [4.78, 5) is 4.18. The van der Waals surface area contributed by atoms with Crippen LogP contribution in [0, 0.1) is 0 Å². The lowest BCUT2D eigenvalue weighted by atomic mass is 10.1. The van der Waals surface area contributed by atoms with Crippen LogP contribution in [0.4, 0.5) is 0 Å². The van der Waals surface area contributed by atoms with E-state index in [1.165, 1.54) is 5.39 Å². The van der Waals surface area contributed by atoms with Crippen molar-refractivity contribution in [2.24, 2.45) is 0 Å². The number of nitrogens with one attached hydrogen (secondary N) is 1. The van der Waals surface area contributed by atoms with E-state index in [2.05, 4.69) is 45.5 Å². The van der Waals surface area contributed by atoms with Crippen molar-refractivity contribution in [3.8, 4) is 28.3 Å². The second-order valence-electron chi connectivity index (χ2n) is 6.46. The van der Waals surface area contributed by atoms with E-state index >= 15 is 0 Å². The highest BCUT2D eigenvalue weighted by Gasteiger charge is 2.05. The Morgan fingerprint density at radius 1 is 0.724 bits per heavy atom. The fourth-order valence-electron chi connectivity index (χ4n) is 3.01. The van der Waals surface area contributed by atoms with Gasteiger partial charge in [-0.1, -0.05) is 54.6 Å². The molecule has 29 heavy (non-hydrogen) atoms. The summed E-state index contributed by atoms with van der Waals surface area (Å²) < 4.78 is 5.15. The molecule has 0 unspecified atom stereocenters. The van der Waals surface area contributed by atoms with E-state index in [1.54, 1.807) is 7.11 Å². The largest absolute Gasteiger partial charge is 0.497 e. The van der Waals surface area contributed by atoms with Gasteiger partial charge in [-0.3, -0.25) is 10.1 Å². The fraction of sp³-hybridized carbons (Fsp3) is 0.0400. The van der Waals surface area contributed by atoms with Crippen molar-refractivity contribution < 1.29 is 4.74 Å². The number of fused-ring (bicyclic) bond motifs is 1. The SMILES string of the molecule is COc1ccc(-c2cc(-c3ccccc3)[nH]n2)cc1.c1ccc2ncccc2c1. The minimum absolute atomic E-state index is 0.850. The van der Waals surface area contributed by atoms with Crippen LogP contribution in [0.3, 0.4) is 0 Å². The first-order valence-electron chi connectivity index (χ1n) is 9.38. The Labute approximate surface area is 169 Å². The maximum Gasteiger partial charge on any atom is 0.118 e. The third-order valence-electron chi connectivity index (χ3n) is 4.56. The molecule has 2 aromatic heterocycles. The number of hydrogen-bond donors (Lipinski definition) is 1. The van der Waals surface area contributed by atoms with Crippen LogP contribution in [0.15, 0.2) is 103 Å². The van der Waals surface area contributed by atoms with Crippen molar-refractivity contribution in [1.29, 1.82) is 0 Å². The third kappa shape index (κ3) is 4.50. The summed E-state index contributed by atoms with van der Waals surface area (Å²) in [6.07, 6.45) is 1.81. The molecule has 4 nitrogen and oxygen atoms in total. The number of nitrogens with zero attached hydrogens (tertiary/aromatic N) is 2. The molecule has 0 fully saturated rings. The Kier molecular flexibility index (Phi) is 5.63. The Morgan fingerprint density at radius 3 is 2.21 bits per heavy atom. The lowest BCUT2D eigenvalue weighted by molar-refractivity contribution is 0.415. The van der Waals surface area contributed by atoms with Crippen molar-refractivity contribution in [2.75, 3.05) is 7.11 Å². The summed E-state index contributed by atoms with van der Waals surface area (Å²) in [6.45, 7) is 0. The monoisotopic (exact) mass is 379 g/mol. The number of aromatic nitrogens is 3. The second-order valence-corrected chi connectivity index (χ2v) is 6.46. The molecule has 0 aliphatic rings. The summed E-state index contributed by atoms with van der Waals surface area (Å²) in [6, 6.07) is 32.2. The van der Waals surface area contributed by atoms with Gasteiger partial charge < -0.3 is 4.74 Å². The predicted molar refractivity (Wildman–Crippen MR) is 118 cm³/mol. The highest BCUT2D eigenvalue weighted by molar-refractivity contribution is 5.77. The van der Waals surface area contributed by atoms with Crippen LogP contribution in [0.2, 0.25) is 0 Å². The van der Waals surface area contributed by atoms with Crippen LogP contribution in [0.5, 0.6) is 5.75 Å². The molecule has 0 saturated heterocycles. The first kappa shape index (κ1) is 18.4. The topological polar surface area (TPSA) is 50.8 Å². The number of pyridine rings is 1. The number of rotatable bonds is 3. The van der Waals surface area contributed by atoms with Crippen LogP contribution in [-0.2, 0) is 0 Å². The highest BCUT2D eigenvalue weighted by Crippen LogP contribution is 2.25. The maximum absolute atomic E-state index is 5.15. The van der Waals surface area contributed by atoms with E-state index in [9.17, 15) is 0 Å². The first-order chi connectivity index (χ1) is 14.3. The predicted octanol–water partition coefficient (Wildman–Crippen LogP) is 5.99. The van der Waals surface area contributed by atoms with Crippen LogP contribution >= 0.6 is 0 Å². The van der Waals surface area contributed by atoms with Gasteiger partial charge in [-0.15, -0.1) is 0 Å². The first-order valence-corrected chi connectivity index (χ1v) is 9.38. The molecule has 5 rings (SSSR count). The highest BCUT2D eigenvalue weighted by atomic mass is 16.5. The van der Waals surface area contributed by atoms with E-state index in [4.69, 9.17) is 4.74 Å². The van der Waals surface area contributed by atoms with Gasteiger partial charge in [0.25, 0.3) is 0 Å². The number of ether oxygens (including phenoxy) is 1. The van der Waals surface area contributed by atoms with Crippen LogP contribution in [0.25, 0.3) is 33.4 Å². The van der Waals surface area contributed by atoms with Crippen molar-refractivity contribution in [3.63, 3.8) is 0 Å². The molecular weight excluding hydrogens is 358 g/mol. The molecule has 0 spiro atoms. The zero-order valence-electron chi connectivity index (χ0n) is 16.1. The zero-order valence-corrected chi connectivity index (χ0v) is 16.1. The molecular formula is C25H21N3O. The zero-order chi connectivity index (χ0) is 19.9. The Bertz CT molecular complexity index is 1120. The quantitative estimate of drug-likeness (QED) is 0.419. The average Bonchev–Trinajstić information content (AvgIpc) is 3.31. The summed E-state index contributed by atoms with van der Waals surface area (Å²) in [5.41, 5.74) is 5.21. The van der Waals surface area contributed by atoms with Crippen LogP contribution < -0.4 is 4.74 Å². The fourth-order valence-corrected chi connectivity index (χ4v) is 3.01. The van der Waals surface area contributed by atoms with Gasteiger partial charge in [-0.2, -0.15) is 5.10 Å². The normalized spacial score (nSPS) is 10.2. The number of benzene rings is 3. The van der Waals surface area contributed by atoms with Crippen molar-refractivity contribution in [3.05, 3.63) is 103 Å². The number of H-pyrrole nitrogens is 1. The molecule has 142 valence electrons. The molecule has 0 atom stereocenters. The van der Waals surface area contributed by atoms with Gasteiger partial charge in [0.15, 0.2) is 0 Å². The third-order valence-corrected chi connectivity index (χ3v) is 4.56. The van der Waals surface area contributed by atoms with E-state index in [-0.39, 0.29) is 0 Å². The molecule has 5 aromatic rings. The van der Waals surface area contributed by atoms with Gasteiger partial charge in [0.1, 0.15) is 5.75 Å². The summed E-state index contributed by atoms with van der Waals surface area (Å²) >= 11 is 0. The smallest absolute Gasteiger partial charge is 0.118 e. The molecule has 3 aromatic carbocycles. The molecule has 0 amide bonds. The number of hydrogen-bond acceptors (Lipinski definition) is 3. The Balaban J connectivity index is 0.000000171. The lowest BCUT2D eigenvalue weighted by Gasteiger charge is -2.00. The summed E-state index contributed by atoms with van der Waals surface area (Å²) in [7, 11) is 1.66. The van der Waals surface area contributed by atoms with Gasteiger partial charge >= 0.3 is 0 Å². The van der Waals surface area contributed by atoms with Gasteiger partial charge in [-0.25, -0.2) is 0 Å². The number of para-hydroxylation sites is 1.